The van der Waals surface area contributed by atoms with E-state index in [-0.39, 0.29) is 11.8 Å². The highest BCUT2D eigenvalue weighted by molar-refractivity contribution is 5.97. The van der Waals surface area contributed by atoms with Crippen molar-refractivity contribution in [2.45, 2.75) is 19.8 Å². The van der Waals surface area contributed by atoms with Crippen molar-refractivity contribution in [1.82, 2.24) is 34.7 Å². The van der Waals surface area contributed by atoms with Crippen molar-refractivity contribution in [3.63, 3.8) is 0 Å². The quantitative estimate of drug-likeness (QED) is 0.325. The Bertz CT molecular complexity index is 1770. The van der Waals surface area contributed by atoms with Gasteiger partial charge in [0.25, 0.3) is 0 Å². The molecule has 4 heterocycles. The molecule has 176 valence electrons. The number of aromatic amines is 2. The third-order valence-corrected chi connectivity index (χ3v) is 6.56. The number of hydrogen-bond donors (Lipinski definition) is 3. The third kappa shape index (κ3) is 3.52. The van der Waals surface area contributed by atoms with Crippen molar-refractivity contribution < 1.29 is 4.79 Å². The molecule has 9 nitrogen and oxygen atoms in total. The molecular weight excluding hydrogens is 452 g/mol. The number of benzene rings is 2. The first kappa shape index (κ1) is 20.6. The highest BCUT2D eigenvalue weighted by Crippen LogP contribution is 2.33. The van der Waals surface area contributed by atoms with Crippen LogP contribution in [0.25, 0.3) is 50.3 Å². The Kier molecular flexibility index (Phi) is 4.50. The van der Waals surface area contributed by atoms with Crippen LogP contribution in [0.15, 0.2) is 67.4 Å². The minimum absolute atomic E-state index is 0.0663. The minimum atomic E-state index is 0.0663. The SMILES string of the molecule is Cc1cn(-c2cccc3[nH]c(-c4n[nH]c5ccc(-c6cncc(NC(=O)C7CC7)c6)cc45)nc23)cn1. The fourth-order valence-electron chi connectivity index (χ4n) is 4.52. The van der Waals surface area contributed by atoms with Crippen LogP contribution in [0.3, 0.4) is 0 Å². The second-order valence-electron chi connectivity index (χ2n) is 9.24. The zero-order chi connectivity index (χ0) is 24.2. The average molecular weight is 475 g/mol. The first-order valence-electron chi connectivity index (χ1n) is 11.9. The Balaban J connectivity index is 1.28. The maximum Gasteiger partial charge on any atom is 0.227 e. The number of carbonyl (C=O) groups excluding carboxylic acids is 1. The molecule has 1 amide bonds. The molecule has 0 unspecified atom stereocenters. The summed E-state index contributed by atoms with van der Waals surface area (Å²) in [4.78, 5) is 29.2. The Morgan fingerprint density at radius 1 is 1.08 bits per heavy atom. The van der Waals surface area contributed by atoms with Crippen molar-refractivity contribution in [3.8, 4) is 28.3 Å². The molecule has 0 spiro atoms. The van der Waals surface area contributed by atoms with E-state index in [0.717, 1.165) is 63.0 Å². The maximum atomic E-state index is 12.2. The van der Waals surface area contributed by atoms with Crippen molar-refractivity contribution in [3.05, 3.63) is 73.1 Å². The van der Waals surface area contributed by atoms with Gasteiger partial charge in [-0.25, -0.2) is 9.97 Å². The molecule has 1 aliphatic carbocycles. The number of fused-ring (bicyclic) bond motifs is 2. The number of aryl methyl sites for hydroxylation is 1. The van der Waals surface area contributed by atoms with Gasteiger partial charge < -0.3 is 14.9 Å². The van der Waals surface area contributed by atoms with Gasteiger partial charge in [0, 0.05) is 29.3 Å². The predicted octanol–water partition coefficient (Wildman–Crippen LogP) is 5.01. The summed E-state index contributed by atoms with van der Waals surface area (Å²) in [5.41, 5.74) is 7.91. The first-order valence-corrected chi connectivity index (χ1v) is 11.9. The van der Waals surface area contributed by atoms with Gasteiger partial charge in [0.2, 0.25) is 5.91 Å². The number of aromatic nitrogens is 7. The summed E-state index contributed by atoms with van der Waals surface area (Å²) in [6.45, 7) is 1.96. The summed E-state index contributed by atoms with van der Waals surface area (Å²) in [7, 11) is 0. The molecule has 6 aromatic rings. The van der Waals surface area contributed by atoms with Crippen LogP contribution < -0.4 is 5.32 Å². The molecule has 4 aromatic heterocycles. The van der Waals surface area contributed by atoms with E-state index in [4.69, 9.17) is 4.98 Å². The second kappa shape index (κ2) is 7.88. The van der Waals surface area contributed by atoms with Gasteiger partial charge >= 0.3 is 0 Å². The highest BCUT2D eigenvalue weighted by Gasteiger charge is 2.29. The smallest absolute Gasteiger partial charge is 0.227 e. The molecule has 0 aliphatic heterocycles. The molecule has 2 aromatic carbocycles. The Morgan fingerprint density at radius 2 is 2.00 bits per heavy atom. The number of nitrogens with zero attached hydrogens (tertiary/aromatic N) is 5. The van der Waals surface area contributed by atoms with Crippen LogP contribution in [-0.2, 0) is 4.79 Å². The van der Waals surface area contributed by atoms with Crippen LogP contribution in [-0.4, -0.2) is 40.6 Å². The van der Waals surface area contributed by atoms with E-state index in [1.54, 1.807) is 18.7 Å². The number of rotatable bonds is 5. The monoisotopic (exact) mass is 474 g/mol. The lowest BCUT2D eigenvalue weighted by molar-refractivity contribution is -0.117. The van der Waals surface area contributed by atoms with E-state index in [0.29, 0.717) is 11.5 Å². The molecule has 1 saturated carbocycles. The van der Waals surface area contributed by atoms with Gasteiger partial charge in [-0.05, 0) is 55.7 Å². The number of nitrogens with one attached hydrogen (secondary N) is 3. The van der Waals surface area contributed by atoms with E-state index in [1.807, 2.05) is 54.1 Å². The fraction of sp³-hybridized carbons (Fsp3) is 0.148. The third-order valence-electron chi connectivity index (χ3n) is 6.56. The maximum absolute atomic E-state index is 12.2. The van der Waals surface area contributed by atoms with Gasteiger partial charge in [0.1, 0.15) is 11.2 Å². The Morgan fingerprint density at radius 3 is 2.83 bits per heavy atom. The van der Waals surface area contributed by atoms with Crippen LogP contribution in [0.1, 0.15) is 18.5 Å². The number of anilines is 1. The molecule has 3 N–H and O–H groups in total. The molecule has 0 radical (unpaired) electrons. The van der Waals surface area contributed by atoms with Crippen molar-refractivity contribution in [1.29, 1.82) is 0 Å². The van der Waals surface area contributed by atoms with Gasteiger partial charge in [-0.15, -0.1) is 0 Å². The van der Waals surface area contributed by atoms with E-state index in [2.05, 4.69) is 36.5 Å². The lowest BCUT2D eigenvalue weighted by Crippen LogP contribution is -2.13. The number of hydrogen-bond acceptors (Lipinski definition) is 5. The van der Waals surface area contributed by atoms with E-state index < -0.39 is 0 Å². The lowest BCUT2D eigenvalue weighted by Gasteiger charge is -2.07. The average Bonchev–Trinajstić information content (AvgIpc) is 3.30. The van der Waals surface area contributed by atoms with E-state index in [1.165, 1.54) is 0 Å². The molecule has 0 saturated heterocycles. The van der Waals surface area contributed by atoms with Crippen LogP contribution in [0.4, 0.5) is 5.69 Å². The van der Waals surface area contributed by atoms with Gasteiger partial charge in [0.05, 0.1) is 40.6 Å². The van der Waals surface area contributed by atoms with Crippen LogP contribution in [0.5, 0.6) is 0 Å². The number of pyridine rings is 1. The number of carbonyl (C=O) groups is 1. The molecule has 1 fully saturated rings. The predicted molar refractivity (Wildman–Crippen MR) is 138 cm³/mol. The van der Waals surface area contributed by atoms with Crippen molar-refractivity contribution >= 4 is 33.5 Å². The van der Waals surface area contributed by atoms with Crippen molar-refractivity contribution in [2.75, 3.05) is 5.32 Å². The number of H-pyrrole nitrogens is 2. The molecular formula is C27H22N8O. The topological polar surface area (TPSA) is 117 Å². The summed E-state index contributed by atoms with van der Waals surface area (Å²) >= 11 is 0. The van der Waals surface area contributed by atoms with Gasteiger partial charge in [-0.1, -0.05) is 12.1 Å². The van der Waals surface area contributed by atoms with Crippen LogP contribution in [0.2, 0.25) is 0 Å². The van der Waals surface area contributed by atoms with Gasteiger partial charge in [-0.3, -0.25) is 14.9 Å². The minimum Gasteiger partial charge on any atom is -0.336 e. The zero-order valence-corrected chi connectivity index (χ0v) is 19.5. The molecule has 36 heavy (non-hydrogen) atoms. The summed E-state index contributed by atoms with van der Waals surface area (Å²) < 4.78 is 1.98. The first-order chi connectivity index (χ1) is 17.6. The zero-order valence-electron chi connectivity index (χ0n) is 19.5. The Hall–Kier alpha value is -4.79. The standard InChI is InChI=1S/C27H22N8O/c1-15-13-35(14-29-15)23-4-2-3-22-25(23)32-26(31-22)24-20-10-17(7-8-21(20)33-34-24)18-9-19(12-28-11-18)30-27(36)16-5-6-16/h2-4,7-14,16H,5-6H2,1H3,(H,30,36)(H,31,32)(H,33,34). The van der Waals surface area contributed by atoms with Crippen LogP contribution >= 0.6 is 0 Å². The van der Waals surface area contributed by atoms with Gasteiger partial charge in [0.15, 0.2) is 5.82 Å². The van der Waals surface area contributed by atoms with Crippen molar-refractivity contribution in [2.24, 2.45) is 5.92 Å². The summed E-state index contributed by atoms with van der Waals surface area (Å²) in [5.74, 6) is 0.888. The molecule has 9 heteroatoms. The summed E-state index contributed by atoms with van der Waals surface area (Å²) in [6.07, 6.45) is 9.18. The lowest BCUT2D eigenvalue weighted by atomic mass is 10.0. The normalized spacial score (nSPS) is 13.5. The number of amides is 1. The molecule has 0 atom stereocenters. The molecule has 0 bridgehead atoms. The number of para-hydroxylation sites is 1. The van der Waals surface area contributed by atoms with E-state index >= 15 is 0 Å². The molecule has 1 aliphatic rings. The summed E-state index contributed by atoms with van der Waals surface area (Å²) in [6, 6.07) is 14.1. The fourth-order valence-corrected chi connectivity index (χ4v) is 4.52. The summed E-state index contributed by atoms with van der Waals surface area (Å²) in [5, 5.41) is 11.6. The highest BCUT2D eigenvalue weighted by atomic mass is 16.2. The largest absolute Gasteiger partial charge is 0.336 e. The van der Waals surface area contributed by atoms with E-state index in [9.17, 15) is 4.79 Å². The van der Waals surface area contributed by atoms with Crippen LogP contribution in [0, 0.1) is 12.8 Å². The Labute approximate surface area is 205 Å². The number of imidazole rings is 2. The molecule has 7 rings (SSSR count). The second-order valence-corrected chi connectivity index (χ2v) is 9.24. The van der Waals surface area contributed by atoms with Gasteiger partial charge in [-0.2, -0.15) is 5.10 Å².